The van der Waals surface area contributed by atoms with E-state index in [2.05, 4.69) is 0 Å². The van der Waals surface area contributed by atoms with Gasteiger partial charge in [0.05, 0.1) is 16.1 Å². The standard InChI is InChI=1S/C15H12Cl3FO/c16-11-2-4-15(19)10(7-11)8-12(20)5-9-1-3-13(17)14(18)6-9/h1-4,6-7,12,20H,5,8H2. The Hall–Kier alpha value is -0.800. The summed E-state index contributed by atoms with van der Waals surface area (Å²) >= 11 is 17.6. The molecule has 0 saturated heterocycles. The summed E-state index contributed by atoms with van der Waals surface area (Å²) in [6.45, 7) is 0. The number of aliphatic hydroxyl groups is 1. The minimum atomic E-state index is -0.722. The van der Waals surface area contributed by atoms with Crippen LogP contribution in [0.3, 0.4) is 0 Å². The summed E-state index contributed by atoms with van der Waals surface area (Å²) in [7, 11) is 0. The van der Waals surface area contributed by atoms with Crippen molar-refractivity contribution in [3.63, 3.8) is 0 Å². The lowest BCUT2D eigenvalue weighted by atomic mass is 10.0. The van der Waals surface area contributed by atoms with E-state index in [9.17, 15) is 9.50 Å². The molecule has 0 fully saturated rings. The molecule has 1 unspecified atom stereocenters. The zero-order chi connectivity index (χ0) is 14.7. The SMILES string of the molecule is OC(Cc1ccc(Cl)c(Cl)c1)Cc1cc(Cl)ccc1F. The first-order chi connectivity index (χ1) is 9.45. The molecule has 106 valence electrons. The van der Waals surface area contributed by atoms with Crippen molar-refractivity contribution in [1.29, 1.82) is 0 Å². The molecule has 1 nitrogen and oxygen atoms in total. The molecule has 0 heterocycles. The monoisotopic (exact) mass is 332 g/mol. The fraction of sp³-hybridized carbons (Fsp3) is 0.200. The highest BCUT2D eigenvalue weighted by Gasteiger charge is 2.12. The second-order valence-corrected chi connectivity index (χ2v) is 5.80. The quantitative estimate of drug-likeness (QED) is 0.841. The lowest BCUT2D eigenvalue weighted by Crippen LogP contribution is -2.14. The van der Waals surface area contributed by atoms with Crippen LogP contribution in [0.2, 0.25) is 15.1 Å². The Kier molecular flexibility index (Phi) is 5.28. The van der Waals surface area contributed by atoms with E-state index in [0.29, 0.717) is 27.1 Å². The molecular formula is C15H12Cl3FO. The molecule has 2 rings (SSSR count). The van der Waals surface area contributed by atoms with Gasteiger partial charge in [-0.2, -0.15) is 0 Å². The molecule has 0 saturated carbocycles. The molecule has 1 atom stereocenters. The van der Waals surface area contributed by atoms with Crippen molar-refractivity contribution < 1.29 is 9.50 Å². The zero-order valence-corrected chi connectivity index (χ0v) is 12.7. The average molecular weight is 334 g/mol. The van der Waals surface area contributed by atoms with Gasteiger partial charge in [0.25, 0.3) is 0 Å². The highest BCUT2D eigenvalue weighted by molar-refractivity contribution is 6.42. The van der Waals surface area contributed by atoms with Crippen molar-refractivity contribution in [2.75, 3.05) is 0 Å². The zero-order valence-electron chi connectivity index (χ0n) is 10.4. The number of hydrogen-bond acceptors (Lipinski definition) is 1. The number of halogens is 4. The molecule has 2 aromatic rings. The Morgan fingerprint density at radius 2 is 1.70 bits per heavy atom. The van der Waals surface area contributed by atoms with Gasteiger partial charge in [-0.3, -0.25) is 0 Å². The number of rotatable bonds is 4. The van der Waals surface area contributed by atoms with E-state index in [1.807, 2.05) is 0 Å². The first kappa shape index (κ1) is 15.6. The molecule has 2 aromatic carbocycles. The number of benzene rings is 2. The lowest BCUT2D eigenvalue weighted by Gasteiger charge is -2.12. The molecule has 0 aliphatic heterocycles. The van der Waals surface area contributed by atoms with Crippen molar-refractivity contribution in [3.8, 4) is 0 Å². The number of aliphatic hydroxyl groups excluding tert-OH is 1. The molecule has 0 bridgehead atoms. The van der Waals surface area contributed by atoms with Gasteiger partial charge in [0, 0.05) is 11.4 Å². The molecule has 0 aromatic heterocycles. The van der Waals surface area contributed by atoms with E-state index in [1.54, 1.807) is 18.2 Å². The normalized spacial score (nSPS) is 12.4. The molecule has 0 aliphatic rings. The van der Waals surface area contributed by atoms with E-state index in [-0.39, 0.29) is 12.2 Å². The minimum Gasteiger partial charge on any atom is -0.392 e. The van der Waals surface area contributed by atoms with Gasteiger partial charge in [0.15, 0.2) is 0 Å². The first-order valence-electron chi connectivity index (χ1n) is 6.01. The average Bonchev–Trinajstić information content (AvgIpc) is 2.38. The van der Waals surface area contributed by atoms with Gasteiger partial charge >= 0.3 is 0 Å². The predicted molar refractivity (Wildman–Crippen MR) is 81.3 cm³/mol. The Balaban J connectivity index is 2.06. The van der Waals surface area contributed by atoms with E-state index >= 15 is 0 Å². The Labute approximate surface area is 131 Å². The van der Waals surface area contributed by atoms with Crippen molar-refractivity contribution >= 4 is 34.8 Å². The van der Waals surface area contributed by atoms with E-state index in [4.69, 9.17) is 34.8 Å². The summed E-state index contributed by atoms with van der Waals surface area (Å²) in [6, 6.07) is 9.45. The van der Waals surface area contributed by atoms with Gasteiger partial charge in [-0.1, -0.05) is 40.9 Å². The maximum Gasteiger partial charge on any atom is 0.126 e. The maximum atomic E-state index is 13.6. The third-order valence-corrected chi connectivity index (χ3v) is 3.89. The molecule has 20 heavy (non-hydrogen) atoms. The first-order valence-corrected chi connectivity index (χ1v) is 7.15. The molecule has 0 spiro atoms. The Morgan fingerprint density at radius 1 is 0.950 bits per heavy atom. The van der Waals surface area contributed by atoms with Gasteiger partial charge in [0.1, 0.15) is 5.82 Å². The fourth-order valence-corrected chi connectivity index (χ4v) is 2.48. The largest absolute Gasteiger partial charge is 0.392 e. The van der Waals surface area contributed by atoms with Crippen LogP contribution >= 0.6 is 34.8 Å². The van der Waals surface area contributed by atoms with Crippen molar-refractivity contribution in [2.45, 2.75) is 18.9 Å². The van der Waals surface area contributed by atoms with Crippen LogP contribution in [0.1, 0.15) is 11.1 Å². The van der Waals surface area contributed by atoms with Crippen LogP contribution in [0, 0.1) is 5.82 Å². The maximum absolute atomic E-state index is 13.6. The van der Waals surface area contributed by atoms with Gasteiger partial charge in [0.2, 0.25) is 0 Å². The third kappa shape index (κ3) is 4.10. The predicted octanol–water partition coefficient (Wildman–Crippen LogP) is 4.93. The van der Waals surface area contributed by atoms with Crippen LogP contribution < -0.4 is 0 Å². The summed E-state index contributed by atoms with van der Waals surface area (Å²) in [6.07, 6.45) is -0.171. The summed E-state index contributed by atoms with van der Waals surface area (Å²) in [5, 5.41) is 11.4. The summed E-state index contributed by atoms with van der Waals surface area (Å²) < 4.78 is 13.6. The van der Waals surface area contributed by atoms with Gasteiger partial charge < -0.3 is 5.11 Å². The topological polar surface area (TPSA) is 20.2 Å². The van der Waals surface area contributed by atoms with Crippen LogP contribution in [0.5, 0.6) is 0 Å². The summed E-state index contributed by atoms with van der Waals surface area (Å²) in [5.41, 5.74) is 1.24. The molecule has 1 N–H and O–H groups in total. The summed E-state index contributed by atoms with van der Waals surface area (Å²) in [4.78, 5) is 0. The molecule has 5 heteroatoms. The van der Waals surface area contributed by atoms with Crippen LogP contribution in [0.25, 0.3) is 0 Å². The minimum absolute atomic E-state index is 0.187. The molecular weight excluding hydrogens is 322 g/mol. The van der Waals surface area contributed by atoms with Crippen LogP contribution in [-0.4, -0.2) is 11.2 Å². The number of hydrogen-bond donors (Lipinski definition) is 1. The van der Waals surface area contributed by atoms with Crippen LogP contribution in [0.4, 0.5) is 4.39 Å². The van der Waals surface area contributed by atoms with Gasteiger partial charge in [-0.15, -0.1) is 0 Å². The fourth-order valence-electron chi connectivity index (χ4n) is 1.96. The van der Waals surface area contributed by atoms with Gasteiger partial charge in [-0.25, -0.2) is 4.39 Å². The Morgan fingerprint density at radius 3 is 2.40 bits per heavy atom. The van der Waals surface area contributed by atoms with E-state index in [0.717, 1.165) is 5.56 Å². The van der Waals surface area contributed by atoms with Crippen LogP contribution in [-0.2, 0) is 12.8 Å². The lowest BCUT2D eigenvalue weighted by molar-refractivity contribution is 0.174. The van der Waals surface area contributed by atoms with Crippen molar-refractivity contribution in [1.82, 2.24) is 0 Å². The highest BCUT2D eigenvalue weighted by atomic mass is 35.5. The molecule has 0 aliphatic carbocycles. The molecule has 0 amide bonds. The highest BCUT2D eigenvalue weighted by Crippen LogP contribution is 2.24. The second kappa shape index (κ2) is 6.77. The van der Waals surface area contributed by atoms with E-state index in [1.165, 1.54) is 18.2 Å². The van der Waals surface area contributed by atoms with Crippen molar-refractivity contribution in [2.24, 2.45) is 0 Å². The smallest absolute Gasteiger partial charge is 0.126 e. The second-order valence-electron chi connectivity index (χ2n) is 4.55. The summed E-state index contributed by atoms with van der Waals surface area (Å²) in [5.74, 6) is -0.373. The molecule has 0 radical (unpaired) electrons. The van der Waals surface area contributed by atoms with E-state index < -0.39 is 6.10 Å². The Bertz CT molecular complexity index is 616. The van der Waals surface area contributed by atoms with Crippen LogP contribution in [0.15, 0.2) is 36.4 Å². The van der Waals surface area contributed by atoms with Crippen molar-refractivity contribution in [3.05, 3.63) is 68.4 Å². The van der Waals surface area contributed by atoms with Gasteiger partial charge in [-0.05, 0) is 47.9 Å². The third-order valence-electron chi connectivity index (χ3n) is 2.92.